The topological polar surface area (TPSA) is 131 Å². The Labute approximate surface area is 197 Å². The van der Waals surface area contributed by atoms with Crippen molar-refractivity contribution in [2.24, 2.45) is 5.92 Å². The average molecular weight is 469 g/mol. The maximum Gasteiger partial charge on any atom is 0.338 e. The molecule has 1 heterocycles. The van der Waals surface area contributed by atoms with E-state index in [2.05, 4.69) is 10.6 Å². The lowest BCUT2D eigenvalue weighted by Crippen LogP contribution is -2.29. The Morgan fingerprint density at radius 3 is 2.50 bits per heavy atom. The molecule has 0 saturated carbocycles. The summed E-state index contributed by atoms with van der Waals surface area (Å²) in [7, 11) is 0. The molecule has 3 rings (SSSR count). The summed E-state index contributed by atoms with van der Waals surface area (Å²) in [5.41, 5.74) is 0.841. The van der Waals surface area contributed by atoms with E-state index in [-0.39, 0.29) is 34.3 Å². The van der Waals surface area contributed by atoms with Crippen molar-refractivity contribution in [1.82, 2.24) is 5.32 Å². The number of anilines is 2. The molecule has 0 aliphatic carbocycles. The van der Waals surface area contributed by atoms with E-state index in [9.17, 15) is 24.5 Å². The number of amides is 2. The first-order chi connectivity index (χ1) is 16.3. The SMILES string of the molecule is CC(C)CNC(=O)c1ccccc1NC(=O)COC(=O)c1ccc(N2CCCC2)c([N+](=O)[O-])c1. The lowest BCUT2D eigenvalue weighted by molar-refractivity contribution is -0.384. The molecule has 0 unspecified atom stereocenters. The summed E-state index contributed by atoms with van der Waals surface area (Å²) >= 11 is 0. The lowest BCUT2D eigenvalue weighted by Gasteiger charge is -2.17. The fourth-order valence-electron chi connectivity index (χ4n) is 3.60. The molecule has 2 N–H and O–H groups in total. The summed E-state index contributed by atoms with van der Waals surface area (Å²) in [5, 5.41) is 16.9. The third-order valence-electron chi connectivity index (χ3n) is 5.31. The Hall–Kier alpha value is -3.95. The maximum absolute atomic E-state index is 12.4. The first-order valence-corrected chi connectivity index (χ1v) is 11.1. The summed E-state index contributed by atoms with van der Waals surface area (Å²) in [4.78, 5) is 50.1. The molecule has 34 heavy (non-hydrogen) atoms. The van der Waals surface area contributed by atoms with E-state index in [1.807, 2.05) is 18.7 Å². The van der Waals surface area contributed by atoms with E-state index < -0.39 is 23.4 Å². The van der Waals surface area contributed by atoms with Gasteiger partial charge in [0.15, 0.2) is 6.61 Å². The lowest BCUT2D eigenvalue weighted by atomic mass is 10.1. The summed E-state index contributed by atoms with van der Waals surface area (Å²) in [5.74, 6) is -1.55. The van der Waals surface area contributed by atoms with Crippen LogP contribution >= 0.6 is 0 Å². The zero-order valence-electron chi connectivity index (χ0n) is 19.2. The van der Waals surface area contributed by atoms with Crippen molar-refractivity contribution in [3.8, 4) is 0 Å². The highest BCUT2D eigenvalue weighted by molar-refractivity contribution is 6.04. The first-order valence-electron chi connectivity index (χ1n) is 11.1. The zero-order valence-corrected chi connectivity index (χ0v) is 19.2. The number of hydrogen-bond donors (Lipinski definition) is 2. The highest BCUT2D eigenvalue weighted by Crippen LogP contribution is 2.31. The number of carbonyl (C=O) groups is 3. The molecule has 1 fully saturated rings. The van der Waals surface area contributed by atoms with Crippen LogP contribution in [0.2, 0.25) is 0 Å². The number of benzene rings is 2. The number of rotatable bonds is 9. The second-order valence-electron chi connectivity index (χ2n) is 8.43. The van der Waals surface area contributed by atoms with Crippen molar-refractivity contribution < 1.29 is 24.0 Å². The third kappa shape index (κ3) is 6.31. The van der Waals surface area contributed by atoms with Crippen LogP contribution < -0.4 is 15.5 Å². The van der Waals surface area contributed by atoms with E-state index >= 15 is 0 Å². The van der Waals surface area contributed by atoms with Crippen molar-refractivity contribution in [2.45, 2.75) is 26.7 Å². The van der Waals surface area contributed by atoms with Crippen LogP contribution in [0.1, 0.15) is 47.4 Å². The van der Waals surface area contributed by atoms with Gasteiger partial charge in [-0.2, -0.15) is 0 Å². The number of esters is 1. The van der Waals surface area contributed by atoms with Crippen LogP contribution in [0.15, 0.2) is 42.5 Å². The Kier molecular flexibility index (Phi) is 8.18. The van der Waals surface area contributed by atoms with Crippen molar-refractivity contribution in [2.75, 3.05) is 36.5 Å². The van der Waals surface area contributed by atoms with Crippen LogP contribution in [0.5, 0.6) is 0 Å². The molecule has 0 radical (unpaired) electrons. The predicted molar refractivity (Wildman–Crippen MR) is 127 cm³/mol. The van der Waals surface area contributed by atoms with Gasteiger partial charge in [0, 0.05) is 25.7 Å². The molecule has 0 aromatic heterocycles. The van der Waals surface area contributed by atoms with Gasteiger partial charge in [-0.1, -0.05) is 26.0 Å². The molecular formula is C24H28N4O6. The Morgan fingerprint density at radius 2 is 1.82 bits per heavy atom. The fourth-order valence-corrected chi connectivity index (χ4v) is 3.60. The molecule has 1 saturated heterocycles. The predicted octanol–water partition coefficient (Wildman–Crippen LogP) is 3.38. The molecule has 0 bridgehead atoms. The number of nitrogens with one attached hydrogen (secondary N) is 2. The molecule has 2 aromatic carbocycles. The summed E-state index contributed by atoms with van der Waals surface area (Å²) in [6, 6.07) is 10.7. The normalized spacial score (nSPS) is 13.0. The number of hydrogen-bond acceptors (Lipinski definition) is 7. The Balaban J connectivity index is 1.62. The second-order valence-corrected chi connectivity index (χ2v) is 8.43. The molecule has 2 amide bonds. The van der Waals surface area contributed by atoms with Gasteiger partial charge in [-0.05, 0) is 43.0 Å². The largest absolute Gasteiger partial charge is 0.452 e. The van der Waals surface area contributed by atoms with E-state index in [0.717, 1.165) is 25.9 Å². The number of nitro benzene ring substituents is 1. The number of carbonyl (C=O) groups excluding carboxylic acids is 3. The molecule has 1 aliphatic heterocycles. The van der Waals surface area contributed by atoms with E-state index in [1.165, 1.54) is 18.2 Å². The van der Waals surface area contributed by atoms with Gasteiger partial charge in [-0.15, -0.1) is 0 Å². The number of para-hydroxylation sites is 1. The first kappa shape index (κ1) is 24.7. The maximum atomic E-state index is 12.4. The van der Waals surface area contributed by atoms with Crippen molar-refractivity contribution in [3.63, 3.8) is 0 Å². The molecule has 10 nitrogen and oxygen atoms in total. The van der Waals surface area contributed by atoms with Crippen molar-refractivity contribution in [1.29, 1.82) is 0 Å². The van der Waals surface area contributed by atoms with Crippen LogP contribution in [0.3, 0.4) is 0 Å². The molecule has 2 aromatic rings. The molecule has 0 spiro atoms. The summed E-state index contributed by atoms with van der Waals surface area (Å²) < 4.78 is 5.05. The van der Waals surface area contributed by atoms with E-state index in [1.54, 1.807) is 24.3 Å². The van der Waals surface area contributed by atoms with Crippen LogP contribution in [-0.2, 0) is 9.53 Å². The van der Waals surface area contributed by atoms with Crippen molar-refractivity contribution in [3.05, 3.63) is 63.7 Å². The average Bonchev–Trinajstić information content (AvgIpc) is 3.35. The molecule has 1 aliphatic rings. The third-order valence-corrected chi connectivity index (χ3v) is 5.31. The van der Waals surface area contributed by atoms with Gasteiger partial charge >= 0.3 is 5.97 Å². The van der Waals surface area contributed by atoms with Gasteiger partial charge in [-0.3, -0.25) is 19.7 Å². The molecular weight excluding hydrogens is 440 g/mol. The monoisotopic (exact) mass is 468 g/mol. The molecule has 180 valence electrons. The quantitative estimate of drug-likeness (QED) is 0.328. The minimum Gasteiger partial charge on any atom is -0.452 e. The smallest absolute Gasteiger partial charge is 0.338 e. The van der Waals surface area contributed by atoms with Crippen molar-refractivity contribution >= 4 is 34.8 Å². The second kappa shape index (κ2) is 11.3. The minimum absolute atomic E-state index is 0.0177. The van der Waals surface area contributed by atoms with Crippen LogP contribution in [-0.4, -0.2) is 48.9 Å². The highest BCUT2D eigenvalue weighted by Gasteiger charge is 2.24. The van der Waals surface area contributed by atoms with Gasteiger partial charge in [-0.25, -0.2) is 4.79 Å². The Bertz CT molecular complexity index is 1080. The fraction of sp³-hybridized carbons (Fsp3) is 0.375. The van der Waals surface area contributed by atoms with E-state index in [4.69, 9.17) is 4.74 Å². The number of ether oxygens (including phenoxy) is 1. The van der Waals surface area contributed by atoms with Crippen LogP contribution in [0, 0.1) is 16.0 Å². The molecule has 10 heteroatoms. The van der Waals surface area contributed by atoms with Gasteiger partial charge in [0.05, 0.1) is 21.7 Å². The highest BCUT2D eigenvalue weighted by atomic mass is 16.6. The van der Waals surface area contributed by atoms with Gasteiger partial charge in [0.25, 0.3) is 17.5 Å². The molecule has 0 atom stereocenters. The van der Waals surface area contributed by atoms with Gasteiger partial charge in [0.2, 0.25) is 0 Å². The summed E-state index contributed by atoms with van der Waals surface area (Å²) in [6.45, 7) is 5.27. The number of nitrogens with zero attached hydrogens (tertiary/aromatic N) is 2. The van der Waals surface area contributed by atoms with Gasteiger partial charge < -0.3 is 20.3 Å². The van der Waals surface area contributed by atoms with Crippen LogP contribution in [0.25, 0.3) is 0 Å². The minimum atomic E-state index is -0.853. The van der Waals surface area contributed by atoms with Crippen LogP contribution in [0.4, 0.5) is 17.1 Å². The zero-order chi connectivity index (χ0) is 24.7. The summed E-state index contributed by atoms with van der Waals surface area (Å²) in [6.07, 6.45) is 1.91. The van der Waals surface area contributed by atoms with Gasteiger partial charge in [0.1, 0.15) is 5.69 Å². The Morgan fingerprint density at radius 1 is 1.12 bits per heavy atom. The van der Waals surface area contributed by atoms with E-state index in [0.29, 0.717) is 12.2 Å². The number of nitro groups is 1. The standard InChI is InChI=1S/C24H28N4O6/c1-16(2)14-25-23(30)18-7-3-4-8-19(18)26-22(29)15-34-24(31)17-9-10-20(21(13-17)28(32)33)27-11-5-6-12-27/h3-4,7-10,13,16H,5-6,11-12,14-15H2,1-2H3,(H,25,30)(H,26,29).